The van der Waals surface area contributed by atoms with Crippen molar-refractivity contribution in [1.82, 2.24) is 4.57 Å². The number of carbonyl (C=O) groups is 1. The Labute approximate surface area is 113 Å². The van der Waals surface area contributed by atoms with Gasteiger partial charge in [-0.25, -0.2) is 0 Å². The Morgan fingerprint density at radius 2 is 2.00 bits per heavy atom. The predicted octanol–water partition coefficient (Wildman–Crippen LogP) is 3.85. The highest BCUT2D eigenvalue weighted by Gasteiger charge is 2.26. The van der Waals surface area contributed by atoms with Crippen LogP contribution in [0, 0.1) is 0 Å². The summed E-state index contributed by atoms with van der Waals surface area (Å²) in [6.45, 7) is 0. The summed E-state index contributed by atoms with van der Waals surface area (Å²) < 4.78 is 2.42. The quantitative estimate of drug-likeness (QED) is 0.808. The van der Waals surface area contributed by atoms with E-state index in [9.17, 15) is 4.79 Å². The van der Waals surface area contributed by atoms with Crippen molar-refractivity contribution >= 4 is 17.5 Å². The van der Waals surface area contributed by atoms with Gasteiger partial charge in [-0.15, -0.1) is 0 Å². The minimum absolute atomic E-state index is 0.354. The molecule has 0 amide bonds. The van der Waals surface area contributed by atoms with Crippen LogP contribution in [0.2, 0.25) is 0 Å². The van der Waals surface area contributed by atoms with Crippen LogP contribution in [0.15, 0.2) is 12.3 Å². The van der Waals surface area contributed by atoms with Crippen LogP contribution in [0.5, 0.6) is 0 Å². The second-order valence-electron chi connectivity index (χ2n) is 5.53. The van der Waals surface area contributed by atoms with E-state index in [4.69, 9.17) is 0 Å². The highest BCUT2D eigenvalue weighted by atomic mass is 32.2. The molecule has 2 nitrogen and oxygen atoms in total. The lowest BCUT2D eigenvalue weighted by atomic mass is 9.93. The van der Waals surface area contributed by atoms with Crippen LogP contribution in [-0.2, 0) is 6.42 Å². The van der Waals surface area contributed by atoms with Crippen LogP contribution < -0.4 is 0 Å². The van der Waals surface area contributed by atoms with Crippen molar-refractivity contribution in [3.8, 4) is 0 Å². The molecular formula is C15H21NOS. The van der Waals surface area contributed by atoms with Crippen LogP contribution in [0.3, 0.4) is 0 Å². The molecule has 3 rings (SSSR count). The molecule has 0 spiro atoms. The molecule has 0 aliphatic heterocycles. The topological polar surface area (TPSA) is 22.0 Å². The van der Waals surface area contributed by atoms with Crippen molar-refractivity contribution in [1.29, 1.82) is 0 Å². The summed E-state index contributed by atoms with van der Waals surface area (Å²) >= 11 is 2.01. The van der Waals surface area contributed by atoms with Crippen molar-refractivity contribution in [2.24, 2.45) is 0 Å². The number of rotatable bonds is 2. The van der Waals surface area contributed by atoms with E-state index in [0.29, 0.717) is 11.8 Å². The van der Waals surface area contributed by atoms with Crippen LogP contribution in [0.25, 0.3) is 0 Å². The minimum atomic E-state index is 0.354. The Morgan fingerprint density at radius 3 is 2.72 bits per heavy atom. The molecule has 0 bridgehead atoms. The molecule has 0 N–H and O–H groups in total. The maximum absolute atomic E-state index is 11.9. The maximum Gasteiger partial charge on any atom is 0.164 e. The largest absolute Gasteiger partial charge is 0.348 e. The molecule has 1 heterocycles. The minimum Gasteiger partial charge on any atom is -0.348 e. The lowest BCUT2D eigenvalue weighted by molar-refractivity contribution is 0.0971. The van der Waals surface area contributed by atoms with Crippen LogP contribution in [0.4, 0.5) is 0 Å². The first-order chi connectivity index (χ1) is 8.79. The van der Waals surface area contributed by atoms with Gasteiger partial charge in [0.15, 0.2) is 5.78 Å². The summed E-state index contributed by atoms with van der Waals surface area (Å²) in [6.07, 6.45) is 12.5. The second kappa shape index (κ2) is 5.12. The Bertz CT molecular complexity index is 443. The van der Waals surface area contributed by atoms with Crippen molar-refractivity contribution in [3.63, 3.8) is 0 Å². The number of ketones is 1. The van der Waals surface area contributed by atoms with Gasteiger partial charge in [0.2, 0.25) is 0 Å². The van der Waals surface area contributed by atoms with Gasteiger partial charge in [0, 0.05) is 35.2 Å². The van der Waals surface area contributed by atoms with Crippen molar-refractivity contribution in [3.05, 3.63) is 23.5 Å². The molecule has 2 aliphatic carbocycles. The number of aromatic nitrogens is 1. The smallest absolute Gasteiger partial charge is 0.164 e. The van der Waals surface area contributed by atoms with Crippen molar-refractivity contribution in [2.75, 3.05) is 6.26 Å². The summed E-state index contributed by atoms with van der Waals surface area (Å²) in [4.78, 5) is 11.9. The molecule has 1 aromatic heterocycles. The van der Waals surface area contributed by atoms with Gasteiger partial charge < -0.3 is 4.57 Å². The Morgan fingerprint density at radius 1 is 1.22 bits per heavy atom. The van der Waals surface area contributed by atoms with Crippen LogP contribution >= 0.6 is 11.8 Å². The Kier molecular flexibility index (Phi) is 3.51. The molecule has 3 heteroatoms. The fraction of sp³-hybridized carbons (Fsp3) is 0.667. The van der Waals surface area contributed by atoms with Crippen LogP contribution in [-0.4, -0.2) is 21.9 Å². The van der Waals surface area contributed by atoms with E-state index >= 15 is 0 Å². The van der Waals surface area contributed by atoms with Gasteiger partial charge in [-0.1, -0.05) is 0 Å². The number of hydrogen-bond acceptors (Lipinski definition) is 2. The highest BCUT2D eigenvalue weighted by Crippen LogP contribution is 2.36. The highest BCUT2D eigenvalue weighted by molar-refractivity contribution is 7.99. The first-order valence-corrected chi connectivity index (χ1v) is 8.34. The zero-order chi connectivity index (χ0) is 12.5. The SMILES string of the molecule is CSC1CCC(n2ccc3c2CCCC3=O)CC1. The van der Waals surface area contributed by atoms with Gasteiger partial charge in [-0.05, 0) is 50.8 Å². The van der Waals surface area contributed by atoms with Gasteiger partial charge in [0.1, 0.15) is 0 Å². The fourth-order valence-corrected chi connectivity index (χ4v) is 4.19. The van der Waals surface area contributed by atoms with Crippen molar-refractivity contribution < 1.29 is 4.79 Å². The molecule has 1 fully saturated rings. The molecule has 0 atom stereocenters. The molecule has 1 aromatic rings. The monoisotopic (exact) mass is 263 g/mol. The molecule has 0 aromatic carbocycles. The van der Waals surface area contributed by atoms with E-state index in [1.54, 1.807) is 0 Å². The number of Topliss-reactive ketones (excluding diaryl/α,β-unsaturated/α-hetero) is 1. The number of hydrogen-bond donors (Lipinski definition) is 0. The van der Waals surface area contributed by atoms with E-state index in [0.717, 1.165) is 30.1 Å². The maximum atomic E-state index is 11.9. The third kappa shape index (κ3) is 2.13. The number of carbonyl (C=O) groups excluding carboxylic acids is 1. The normalized spacial score (nSPS) is 28.2. The predicted molar refractivity (Wildman–Crippen MR) is 76.5 cm³/mol. The van der Waals surface area contributed by atoms with Crippen molar-refractivity contribution in [2.45, 2.75) is 56.2 Å². The summed E-state index contributed by atoms with van der Waals surface area (Å²) in [5.41, 5.74) is 2.33. The molecule has 2 aliphatic rings. The van der Waals surface area contributed by atoms with Gasteiger partial charge in [-0.2, -0.15) is 11.8 Å². The average Bonchev–Trinajstić information content (AvgIpc) is 2.84. The molecular weight excluding hydrogens is 242 g/mol. The standard InChI is InChI=1S/C15H21NOS/c1-18-12-7-5-11(6-8-12)16-10-9-13-14(16)3-2-4-15(13)17/h9-12H,2-8H2,1H3. The number of fused-ring (bicyclic) bond motifs is 1. The second-order valence-corrected chi connectivity index (χ2v) is 6.66. The van der Waals surface area contributed by atoms with Gasteiger partial charge in [-0.3, -0.25) is 4.79 Å². The average molecular weight is 263 g/mol. The molecule has 1 saturated carbocycles. The van der Waals surface area contributed by atoms with E-state index in [1.807, 2.05) is 11.8 Å². The molecule has 0 unspecified atom stereocenters. The van der Waals surface area contributed by atoms with E-state index in [2.05, 4.69) is 23.1 Å². The lowest BCUT2D eigenvalue weighted by Crippen LogP contribution is -2.22. The first kappa shape index (κ1) is 12.3. The van der Waals surface area contributed by atoms with Gasteiger partial charge in [0.05, 0.1) is 0 Å². The third-order valence-corrected chi connectivity index (χ3v) is 5.65. The summed E-state index contributed by atoms with van der Waals surface area (Å²) in [7, 11) is 0. The lowest BCUT2D eigenvalue weighted by Gasteiger charge is -2.30. The van der Waals surface area contributed by atoms with E-state index in [-0.39, 0.29) is 0 Å². The first-order valence-electron chi connectivity index (χ1n) is 7.05. The molecule has 98 valence electrons. The third-order valence-electron chi connectivity index (χ3n) is 4.51. The van der Waals surface area contributed by atoms with Gasteiger partial charge >= 0.3 is 0 Å². The Hall–Kier alpha value is -0.700. The zero-order valence-electron chi connectivity index (χ0n) is 11.0. The summed E-state index contributed by atoms with van der Waals surface area (Å²) in [5.74, 6) is 0.354. The fourth-order valence-electron chi connectivity index (χ4n) is 3.45. The van der Waals surface area contributed by atoms with Crippen LogP contribution in [0.1, 0.15) is 60.6 Å². The molecule has 0 saturated heterocycles. The Balaban J connectivity index is 1.79. The van der Waals surface area contributed by atoms with Gasteiger partial charge in [0.25, 0.3) is 0 Å². The summed E-state index contributed by atoms with van der Waals surface area (Å²) in [5, 5.41) is 0.856. The zero-order valence-corrected chi connectivity index (χ0v) is 11.8. The van der Waals surface area contributed by atoms with E-state index < -0.39 is 0 Å². The number of nitrogens with zero attached hydrogens (tertiary/aromatic N) is 1. The summed E-state index contributed by atoms with van der Waals surface area (Å²) in [6, 6.07) is 2.69. The number of thioether (sulfide) groups is 1. The molecule has 0 radical (unpaired) electrons. The molecule has 18 heavy (non-hydrogen) atoms. The van der Waals surface area contributed by atoms with E-state index in [1.165, 1.54) is 31.4 Å².